The number of ether oxygens (including phenoxy) is 2. The molecule has 0 aliphatic rings. The number of aliphatic hydroxyl groups is 1. The van der Waals surface area contributed by atoms with Crippen LogP contribution in [0.5, 0.6) is 0 Å². The number of nitrogens with one attached hydrogen (secondary N) is 1. The third-order valence-electron chi connectivity index (χ3n) is 1.83. The van der Waals surface area contributed by atoms with Crippen LogP contribution in [0, 0.1) is 0 Å². The molecule has 0 atom stereocenters. The first-order valence-corrected chi connectivity index (χ1v) is 6.92. The topological polar surface area (TPSA) is 84.9 Å². The van der Waals surface area contributed by atoms with Crippen molar-refractivity contribution in [1.29, 1.82) is 0 Å². The zero-order valence-electron chi connectivity index (χ0n) is 9.65. The number of hydrogen-bond acceptors (Lipinski definition) is 5. The van der Waals surface area contributed by atoms with E-state index in [1.165, 1.54) is 0 Å². The van der Waals surface area contributed by atoms with E-state index < -0.39 is 10.0 Å². The number of sulfonamides is 1. The van der Waals surface area contributed by atoms with Gasteiger partial charge in [-0.1, -0.05) is 0 Å². The normalized spacial score (nSPS) is 11.9. The van der Waals surface area contributed by atoms with Crippen molar-refractivity contribution in [2.45, 2.75) is 12.8 Å². The van der Waals surface area contributed by atoms with Crippen molar-refractivity contribution in [2.75, 3.05) is 45.8 Å². The molecular weight excluding hydrogens is 234 g/mol. The van der Waals surface area contributed by atoms with Crippen molar-refractivity contribution < 1.29 is 23.0 Å². The first-order valence-electron chi connectivity index (χ1n) is 5.27. The molecule has 0 heterocycles. The van der Waals surface area contributed by atoms with Crippen molar-refractivity contribution in [3.05, 3.63) is 0 Å². The summed E-state index contributed by atoms with van der Waals surface area (Å²) >= 11 is 0. The van der Waals surface area contributed by atoms with Crippen molar-refractivity contribution in [2.24, 2.45) is 0 Å². The van der Waals surface area contributed by atoms with Gasteiger partial charge in [0.1, 0.15) is 0 Å². The smallest absolute Gasteiger partial charge is 0.213 e. The lowest BCUT2D eigenvalue weighted by molar-refractivity contribution is 0.0689. The van der Waals surface area contributed by atoms with Crippen molar-refractivity contribution >= 4 is 10.0 Å². The lowest BCUT2D eigenvalue weighted by Gasteiger charge is -2.05. The second-order valence-corrected chi connectivity index (χ2v) is 5.18. The molecule has 2 N–H and O–H groups in total. The van der Waals surface area contributed by atoms with Crippen molar-refractivity contribution in [3.8, 4) is 0 Å². The molecule has 7 heteroatoms. The lowest BCUT2D eigenvalue weighted by atomic mass is 10.3. The van der Waals surface area contributed by atoms with Crippen LogP contribution in [0.3, 0.4) is 0 Å². The number of unbranched alkanes of at least 4 members (excludes halogenated alkanes) is 1. The molecule has 0 aromatic heterocycles. The highest BCUT2D eigenvalue weighted by Crippen LogP contribution is 1.91. The van der Waals surface area contributed by atoms with Gasteiger partial charge in [0.05, 0.1) is 25.6 Å². The Kier molecular flexibility index (Phi) is 9.85. The fourth-order valence-electron chi connectivity index (χ4n) is 0.993. The summed E-state index contributed by atoms with van der Waals surface area (Å²) in [7, 11) is -1.68. The van der Waals surface area contributed by atoms with Crippen molar-refractivity contribution in [1.82, 2.24) is 4.72 Å². The Bertz CT molecular complexity index is 242. The number of hydrogen-bond donors (Lipinski definition) is 2. The third-order valence-corrected chi connectivity index (χ3v) is 3.19. The Morgan fingerprint density at radius 2 is 1.94 bits per heavy atom. The highest BCUT2D eigenvalue weighted by Gasteiger charge is 2.06. The molecule has 0 fully saturated rings. The molecule has 0 radical (unpaired) electrons. The molecule has 0 aromatic carbocycles. The monoisotopic (exact) mass is 255 g/mol. The number of rotatable bonds is 11. The van der Waals surface area contributed by atoms with Crippen LogP contribution in [-0.4, -0.2) is 59.4 Å². The van der Waals surface area contributed by atoms with E-state index in [1.807, 2.05) is 0 Å². The fourth-order valence-corrected chi connectivity index (χ4v) is 1.83. The van der Waals surface area contributed by atoms with Gasteiger partial charge in [-0.3, -0.25) is 0 Å². The second-order valence-electron chi connectivity index (χ2n) is 3.25. The van der Waals surface area contributed by atoms with E-state index in [0.717, 1.165) is 12.8 Å². The van der Waals surface area contributed by atoms with Crippen LogP contribution in [0.15, 0.2) is 0 Å². The van der Waals surface area contributed by atoms with Crippen LogP contribution in [0.4, 0.5) is 0 Å². The van der Waals surface area contributed by atoms with E-state index in [-0.39, 0.29) is 12.4 Å². The molecule has 0 bridgehead atoms. The van der Waals surface area contributed by atoms with Gasteiger partial charge in [-0.25, -0.2) is 13.1 Å². The Morgan fingerprint density at radius 3 is 2.56 bits per heavy atom. The van der Waals surface area contributed by atoms with Gasteiger partial charge in [0.15, 0.2) is 0 Å². The summed E-state index contributed by atoms with van der Waals surface area (Å²) in [5.41, 5.74) is 0. The standard InChI is InChI=1S/C9H21NO5S/c1-14-7-8-15-6-3-2-4-10-16(12,13)9-5-11/h10-11H,2-9H2,1H3. The van der Waals surface area contributed by atoms with Gasteiger partial charge < -0.3 is 14.6 Å². The highest BCUT2D eigenvalue weighted by molar-refractivity contribution is 7.89. The van der Waals surface area contributed by atoms with Crippen LogP contribution in [-0.2, 0) is 19.5 Å². The maximum Gasteiger partial charge on any atom is 0.213 e. The molecule has 6 nitrogen and oxygen atoms in total. The Balaban J connectivity index is 3.27. The van der Waals surface area contributed by atoms with Gasteiger partial charge in [-0.15, -0.1) is 0 Å². The first kappa shape index (κ1) is 15.8. The van der Waals surface area contributed by atoms with Gasteiger partial charge in [-0.2, -0.15) is 0 Å². The fraction of sp³-hybridized carbons (Fsp3) is 1.00. The number of aliphatic hydroxyl groups excluding tert-OH is 1. The van der Waals surface area contributed by atoms with Gasteiger partial charge in [0.25, 0.3) is 0 Å². The summed E-state index contributed by atoms with van der Waals surface area (Å²) in [6.07, 6.45) is 1.52. The average Bonchev–Trinajstić information content (AvgIpc) is 2.22. The van der Waals surface area contributed by atoms with Crippen LogP contribution >= 0.6 is 0 Å². The van der Waals surface area contributed by atoms with Crippen LogP contribution in [0.25, 0.3) is 0 Å². The third kappa shape index (κ3) is 10.3. The molecule has 0 amide bonds. The molecule has 0 saturated heterocycles. The largest absolute Gasteiger partial charge is 0.395 e. The quantitative estimate of drug-likeness (QED) is 0.479. The molecule has 0 unspecified atom stereocenters. The molecule has 0 aliphatic heterocycles. The minimum absolute atomic E-state index is 0.239. The highest BCUT2D eigenvalue weighted by atomic mass is 32.2. The average molecular weight is 255 g/mol. The number of methoxy groups -OCH3 is 1. The van der Waals surface area contributed by atoms with E-state index in [2.05, 4.69) is 4.72 Å². The van der Waals surface area contributed by atoms with E-state index in [0.29, 0.717) is 26.4 Å². The summed E-state index contributed by atoms with van der Waals surface area (Å²) in [6, 6.07) is 0. The molecule has 0 saturated carbocycles. The Morgan fingerprint density at radius 1 is 1.19 bits per heavy atom. The molecule has 0 aromatic rings. The summed E-state index contributed by atoms with van der Waals surface area (Å²) in [5, 5.41) is 8.47. The van der Waals surface area contributed by atoms with Gasteiger partial charge >= 0.3 is 0 Å². The summed E-state index contributed by atoms with van der Waals surface area (Å²) in [6.45, 7) is 1.77. The minimum Gasteiger partial charge on any atom is -0.395 e. The maximum absolute atomic E-state index is 11.1. The summed E-state index contributed by atoms with van der Waals surface area (Å²) in [5.74, 6) is -0.239. The minimum atomic E-state index is -3.29. The predicted molar refractivity (Wildman–Crippen MR) is 60.8 cm³/mol. The zero-order chi connectivity index (χ0) is 12.3. The van der Waals surface area contributed by atoms with Crippen LogP contribution < -0.4 is 4.72 Å². The Labute approximate surface area is 97.0 Å². The maximum atomic E-state index is 11.1. The Hall–Kier alpha value is -0.210. The van der Waals surface area contributed by atoms with E-state index in [1.54, 1.807) is 7.11 Å². The predicted octanol–water partition coefficient (Wildman–Crippen LogP) is -0.659. The van der Waals surface area contributed by atoms with Crippen LogP contribution in [0.1, 0.15) is 12.8 Å². The van der Waals surface area contributed by atoms with E-state index in [4.69, 9.17) is 14.6 Å². The van der Waals surface area contributed by atoms with Gasteiger partial charge in [0, 0.05) is 20.3 Å². The SMILES string of the molecule is COCCOCCCCNS(=O)(=O)CCO. The summed E-state index contributed by atoms with van der Waals surface area (Å²) < 4.78 is 34.6. The molecule has 98 valence electrons. The molecule has 0 aliphatic carbocycles. The van der Waals surface area contributed by atoms with E-state index >= 15 is 0 Å². The second kappa shape index (κ2) is 9.98. The zero-order valence-corrected chi connectivity index (χ0v) is 10.5. The first-order chi connectivity index (χ1) is 7.62. The van der Waals surface area contributed by atoms with Crippen LogP contribution in [0.2, 0.25) is 0 Å². The van der Waals surface area contributed by atoms with Gasteiger partial charge in [-0.05, 0) is 12.8 Å². The molecule has 0 rings (SSSR count). The molecular formula is C9H21NO5S. The van der Waals surface area contributed by atoms with E-state index in [9.17, 15) is 8.42 Å². The molecule has 0 spiro atoms. The lowest BCUT2D eigenvalue weighted by Crippen LogP contribution is -2.28. The van der Waals surface area contributed by atoms with Gasteiger partial charge in [0.2, 0.25) is 10.0 Å². The summed E-state index contributed by atoms with van der Waals surface area (Å²) in [4.78, 5) is 0. The van der Waals surface area contributed by atoms with Crippen molar-refractivity contribution in [3.63, 3.8) is 0 Å². The molecule has 16 heavy (non-hydrogen) atoms.